The third-order valence-corrected chi connectivity index (χ3v) is 5.89. The van der Waals surface area contributed by atoms with E-state index in [4.69, 9.17) is 6.42 Å². The SMILES string of the molecule is C#CCCCC(O)C(c1ccccc1)S(=O)(=O)c1ccccc1. The predicted octanol–water partition coefficient (Wildman–Crippen LogP) is 3.37. The van der Waals surface area contributed by atoms with Gasteiger partial charge in [0.15, 0.2) is 9.84 Å². The number of unbranched alkanes of at least 4 members (excludes halogenated alkanes) is 1. The molecule has 0 radical (unpaired) electrons. The van der Waals surface area contributed by atoms with Gasteiger partial charge >= 0.3 is 0 Å². The molecule has 0 spiro atoms. The van der Waals surface area contributed by atoms with Gasteiger partial charge in [0.1, 0.15) is 5.25 Å². The van der Waals surface area contributed by atoms with Gasteiger partial charge in [-0.15, -0.1) is 12.3 Å². The Hall–Kier alpha value is -2.09. The summed E-state index contributed by atoms with van der Waals surface area (Å²) in [5, 5.41) is 9.54. The first kappa shape index (κ1) is 17.3. The van der Waals surface area contributed by atoms with Crippen LogP contribution in [0.1, 0.15) is 30.1 Å². The molecule has 2 unspecified atom stereocenters. The van der Waals surface area contributed by atoms with Crippen LogP contribution in [0.4, 0.5) is 0 Å². The summed E-state index contributed by atoms with van der Waals surface area (Å²) in [6.45, 7) is 0. The average molecular weight is 328 g/mol. The third kappa shape index (κ3) is 4.22. The van der Waals surface area contributed by atoms with E-state index in [-0.39, 0.29) is 4.90 Å². The molecular weight excluding hydrogens is 308 g/mol. The molecule has 0 aliphatic rings. The molecular formula is C19H20O3S. The van der Waals surface area contributed by atoms with Gasteiger partial charge < -0.3 is 5.11 Å². The van der Waals surface area contributed by atoms with Crippen LogP contribution in [0.15, 0.2) is 65.6 Å². The van der Waals surface area contributed by atoms with E-state index < -0.39 is 21.2 Å². The fraction of sp³-hybridized carbons (Fsp3) is 0.263. The summed E-state index contributed by atoms with van der Waals surface area (Å²) in [4.78, 5) is 0.213. The van der Waals surface area contributed by atoms with Crippen molar-refractivity contribution in [1.29, 1.82) is 0 Å². The number of aliphatic hydroxyl groups is 1. The lowest BCUT2D eigenvalue weighted by molar-refractivity contribution is 0.156. The highest BCUT2D eigenvalue weighted by atomic mass is 32.2. The molecule has 0 aliphatic carbocycles. The van der Waals surface area contributed by atoms with E-state index in [0.717, 1.165) is 0 Å². The van der Waals surface area contributed by atoms with E-state index in [1.165, 1.54) is 0 Å². The topological polar surface area (TPSA) is 54.4 Å². The molecule has 0 saturated carbocycles. The zero-order valence-corrected chi connectivity index (χ0v) is 13.6. The van der Waals surface area contributed by atoms with Crippen LogP contribution in [0.25, 0.3) is 0 Å². The fourth-order valence-electron chi connectivity index (χ4n) is 2.57. The maximum atomic E-state index is 13.0. The van der Waals surface area contributed by atoms with Crippen molar-refractivity contribution < 1.29 is 13.5 Å². The predicted molar refractivity (Wildman–Crippen MR) is 91.5 cm³/mol. The lowest BCUT2D eigenvalue weighted by Crippen LogP contribution is -2.26. The summed E-state index contributed by atoms with van der Waals surface area (Å²) in [7, 11) is -3.69. The standard InChI is InChI=1S/C19H20O3S/c1-2-3-6-15-18(20)19(16-11-7-4-8-12-16)23(21,22)17-13-9-5-10-14-17/h1,4-5,7-14,18-20H,3,6,15H2. The van der Waals surface area contributed by atoms with E-state index in [1.807, 2.05) is 6.07 Å². The molecule has 1 N–H and O–H groups in total. The Balaban J connectivity index is 2.40. The largest absolute Gasteiger partial charge is 0.391 e. The van der Waals surface area contributed by atoms with Gasteiger partial charge in [0, 0.05) is 6.42 Å². The summed E-state index contributed by atoms with van der Waals surface area (Å²) < 4.78 is 26.0. The van der Waals surface area contributed by atoms with Crippen LogP contribution in [-0.4, -0.2) is 19.6 Å². The molecule has 0 fully saturated rings. The molecule has 120 valence electrons. The molecule has 0 saturated heterocycles. The average Bonchev–Trinajstić information content (AvgIpc) is 2.57. The molecule has 2 rings (SSSR count). The number of aliphatic hydroxyl groups excluding tert-OH is 1. The van der Waals surface area contributed by atoms with Crippen molar-refractivity contribution in [3.63, 3.8) is 0 Å². The van der Waals surface area contributed by atoms with Gasteiger partial charge in [-0.05, 0) is 30.5 Å². The normalized spacial score (nSPS) is 13.9. The molecule has 2 aromatic rings. The monoisotopic (exact) mass is 328 g/mol. The first-order valence-corrected chi connectivity index (χ1v) is 9.07. The van der Waals surface area contributed by atoms with E-state index in [9.17, 15) is 13.5 Å². The number of terminal acetylenes is 1. The Morgan fingerprint density at radius 3 is 2.13 bits per heavy atom. The van der Waals surface area contributed by atoms with Gasteiger partial charge in [-0.3, -0.25) is 0 Å². The number of hydrogen-bond donors (Lipinski definition) is 1. The van der Waals surface area contributed by atoms with E-state index in [2.05, 4.69) is 5.92 Å². The van der Waals surface area contributed by atoms with Crippen LogP contribution < -0.4 is 0 Å². The molecule has 23 heavy (non-hydrogen) atoms. The highest BCUT2D eigenvalue weighted by molar-refractivity contribution is 7.91. The number of sulfone groups is 1. The van der Waals surface area contributed by atoms with Crippen LogP contribution in [0.3, 0.4) is 0 Å². The second-order valence-corrected chi connectivity index (χ2v) is 7.42. The zero-order chi connectivity index (χ0) is 16.7. The molecule has 3 nitrogen and oxygen atoms in total. The van der Waals surface area contributed by atoms with Gasteiger partial charge in [0.2, 0.25) is 0 Å². The van der Waals surface area contributed by atoms with Gasteiger partial charge in [0.05, 0.1) is 11.0 Å². The Morgan fingerprint density at radius 1 is 1.00 bits per heavy atom. The van der Waals surface area contributed by atoms with Crippen LogP contribution in [0.5, 0.6) is 0 Å². The Morgan fingerprint density at radius 2 is 1.57 bits per heavy atom. The van der Waals surface area contributed by atoms with Crippen molar-refractivity contribution in [1.82, 2.24) is 0 Å². The van der Waals surface area contributed by atoms with Gasteiger partial charge in [-0.1, -0.05) is 48.5 Å². The highest BCUT2D eigenvalue weighted by Gasteiger charge is 2.34. The molecule has 2 atom stereocenters. The van der Waals surface area contributed by atoms with Crippen LogP contribution in [0.2, 0.25) is 0 Å². The summed E-state index contributed by atoms with van der Waals surface area (Å²) in [6.07, 6.45) is 5.67. The number of hydrogen-bond acceptors (Lipinski definition) is 3. The third-order valence-electron chi connectivity index (χ3n) is 3.70. The molecule has 0 aliphatic heterocycles. The first-order chi connectivity index (χ1) is 11.1. The second kappa shape index (κ2) is 7.96. The van der Waals surface area contributed by atoms with Crippen molar-refractivity contribution in [2.75, 3.05) is 0 Å². The Labute approximate surface area is 137 Å². The van der Waals surface area contributed by atoms with E-state index in [0.29, 0.717) is 24.8 Å². The minimum absolute atomic E-state index is 0.213. The summed E-state index contributed by atoms with van der Waals surface area (Å²) in [6, 6.07) is 17.1. The smallest absolute Gasteiger partial charge is 0.187 e. The quantitative estimate of drug-likeness (QED) is 0.626. The van der Waals surface area contributed by atoms with Gasteiger partial charge in [-0.2, -0.15) is 0 Å². The van der Waals surface area contributed by atoms with Crippen molar-refractivity contribution in [3.05, 3.63) is 66.2 Å². The lowest BCUT2D eigenvalue weighted by Gasteiger charge is -2.23. The lowest BCUT2D eigenvalue weighted by atomic mass is 10.0. The molecule has 0 amide bonds. The minimum atomic E-state index is -3.69. The highest BCUT2D eigenvalue weighted by Crippen LogP contribution is 2.33. The van der Waals surface area contributed by atoms with Crippen LogP contribution in [-0.2, 0) is 9.84 Å². The van der Waals surface area contributed by atoms with Gasteiger partial charge in [-0.25, -0.2) is 8.42 Å². The van der Waals surface area contributed by atoms with Crippen molar-refractivity contribution in [3.8, 4) is 12.3 Å². The van der Waals surface area contributed by atoms with E-state index in [1.54, 1.807) is 54.6 Å². The fourth-order valence-corrected chi connectivity index (χ4v) is 4.47. The number of benzene rings is 2. The van der Waals surface area contributed by atoms with Crippen LogP contribution >= 0.6 is 0 Å². The second-order valence-electron chi connectivity index (χ2n) is 5.35. The van der Waals surface area contributed by atoms with Gasteiger partial charge in [0.25, 0.3) is 0 Å². The summed E-state index contributed by atoms with van der Waals surface area (Å²) in [5.41, 5.74) is 0.588. The zero-order valence-electron chi connectivity index (χ0n) is 12.8. The number of rotatable bonds is 7. The van der Waals surface area contributed by atoms with Crippen molar-refractivity contribution in [2.45, 2.75) is 35.5 Å². The Kier molecular flexibility index (Phi) is 5.97. The first-order valence-electron chi connectivity index (χ1n) is 7.53. The van der Waals surface area contributed by atoms with Crippen LogP contribution in [0, 0.1) is 12.3 Å². The summed E-state index contributed by atoms with van der Waals surface area (Å²) in [5.74, 6) is 2.51. The Bertz CT molecular complexity index is 746. The minimum Gasteiger partial charge on any atom is -0.391 e. The van der Waals surface area contributed by atoms with E-state index >= 15 is 0 Å². The molecule has 0 aromatic heterocycles. The maximum Gasteiger partial charge on any atom is 0.187 e. The maximum absolute atomic E-state index is 13.0. The molecule has 4 heteroatoms. The summed E-state index contributed by atoms with van der Waals surface area (Å²) >= 11 is 0. The van der Waals surface area contributed by atoms with Crippen molar-refractivity contribution >= 4 is 9.84 Å². The molecule has 0 heterocycles. The molecule has 0 bridgehead atoms. The molecule has 2 aromatic carbocycles. The van der Waals surface area contributed by atoms with Crippen molar-refractivity contribution in [2.24, 2.45) is 0 Å².